The summed E-state index contributed by atoms with van der Waals surface area (Å²) in [6.45, 7) is 1.97. The minimum atomic E-state index is -0.703. The number of anilines is 2. The van der Waals surface area contributed by atoms with Crippen LogP contribution in [0.5, 0.6) is 0 Å². The van der Waals surface area contributed by atoms with E-state index in [4.69, 9.17) is 4.42 Å². The van der Waals surface area contributed by atoms with E-state index in [-0.39, 0.29) is 11.7 Å². The number of nitrogens with zero attached hydrogens (tertiary/aromatic N) is 1. The maximum Gasteiger partial charge on any atom is 0.299 e. The van der Waals surface area contributed by atoms with Gasteiger partial charge in [-0.25, -0.2) is 13.8 Å². The molecule has 0 spiro atoms. The summed E-state index contributed by atoms with van der Waals surface area (Å²) in [6.07, 6.45) is 1.51. The second kappa shape index (κ2) is 5.36. The van der Waals surface area contributed by atoms with Crippen LogP contribution in [0, 0.1) is 18.6 Å². The van der Waals surface area contributed by atoms with E-state index in [1.54, 1.807) is 0 Å². The van der Waals surface area contributed by atoms with E-state index in [0.717, 1.165) is 23.3 Å². The second-order valence-corrected chi connectivity index (χ2v) is 4.62. The Kier molecular flexibility index (Phi) is 3.39. The van der Waals surface area contributed by atoms with Crippen LogP contribution in [0.3, 0.4) is 0 Å². The number of aromatic nitrogens is 1. The molecule has 3 rings (SSSR count). The van der Waals surface area contributed by atoms with Crippen molar-refractivity contribution in [1.82, 2.24) is 4.98 Å². The first-order valence-electron chi connectivity index (χ1n) is 6.37. The summed E-state index contributed by atoms with van der Waals surface area (Å²) < 4.78 is 32.6. The van der Waals surface area contributed by atoms with Crippen molar-refractivity contribution < 1.29 is 13.2 Å². The van der Waals surface area contributed by atoms with E-state index in [1.807, 2.05) is 31.2 Å². The molecule has 0 bridgehead atoms. The van der Waals surface area contributed by atoms with Crippen LogP contribution in [-0.4, -0.2) is 4.98 Å². The molecule has 0 fully saturated rings. The van der Waals surface area contributed by atoms with Gasteiger partial charge < -0.3 is 9.73 Å². The second-order valence-electron chi connectivity index (χ2n) is 4.62. The number of oxazole rings is 1. The van der Waals surface area contributed by atoms with Gasteiger partial charge in [0.05, 0.1) is 6.20 Å². The molecule has 0 saturated heterocycles. The molecule has 21 heavy (non-hydrogen) atoms. The van der Waals surface area contributed by atoms with Crippen LogP contribution in [0.2, 0.25) is 0 Å². The van der Waals surface area contributed by atoms with Gasteiger partial charge in [0.25, 0.3) is 6.01 Å². The summed E-state index contributed by atoms with van der Waals surface area (Å²) in [5, 5.41) is 2.52. The SMILES string of the molecule is Cc1cccc(-c2cnc(Nc3c(F)cccc3F)o2)c1. The third-order valence-electron chi connectivity index (χ3n) is 3.00. The fourth-order valence-electron chi connectivity index (χ4n) is 1.99. The van der Waals surface area contributed by atoms with Gasteiger partial charge in [0.2, 0.25) is 0 Å². The Balaban J connectivity index is 1.89. The zero-order valence-corrected chi connectivity index (χ0v) is 11.2. The Labute approximate surface area is 120 Å². The molecule has 0 atom stereocenters. The lowest BCUT2D eigenvalue weighted by Gasteiger charge is -2.04. The number of halogens is 2. The zero-order valence-electron chi connectivity index (χ0n) is 11.2. The molecule has 0 unspecified atom stereocenters. The number of nitrogens with one attached hydrogen (secondary N) is 1. The molecule has 0 aliphatic heterocycles. The fourth-order valence-corrected chi connectivity index (χ4v) is 1.99. The standard InChI is InChI=1S/C16H12F2N2O/c1-10-4-2-5-11(8-10)14-9-19-16(21-14)20-15-12(17)6-3-7-13(15)18/h2-9H,1H3,(H,19,20). The molecule has 0 aliphatic carbocycles. The van der Waals surface area contributed by atoms with E-state index in [1.165, 1.54) is 12.3 Å². The molecular formula is C16H12F2N2O. The van der Waals surface area contributed by atoms with Gasteiger partial charge in [0.15, 0.2) is 5.76 Å². The van der Waals surface area contributed by atoms with Gasteiger partial charge in [-0.3, -0.25) is 0 Å². The van der Waals surface area contributed by atoms with E-state index in [0.29, 0.717) is 5.76 Å². The first kappa shape index (κ1) is 13.3. The number of rotatable bonds is 3. The monoisotopic (exact) mass is 286 g/mol. The van der Waals surface area contributed by atoms with Crippen molar-refractivity contribution in [3.8, 4) is 11.3 Å². The topological polar surface area (TPSA) is 38.1 Å². The smallest absolute Gasteiger partial charge is 0.299 e. The largest absolute Gasteiger partial charge is 0.423 e. The van der Waals surface area contributed by atoms with Gasteiger partial charge in [0, 0.05) is 5.56 Å². The minimum absolute atomic E-state index is 0.0375. The molecule has 5 heteroatoms. The normalized spacial score (nSPS) is 10.6. The molecule has 3 nitrogen and oxygen atoms in total. The molecule has 1 heterocycles. The Bertz CT molecular complexity index is 763. The molecule has 1 aromatic heterocycles. The lowest BCUT2D eigenvalue weighted by molar-refractivity contribution is 0.572. The highest BCUT2D eigenvalue weighted by Crippen LogP contribution is 2.27. The highest BCUT2D eigenvalue weighted by molar-refractivity contribution is 5.60. The molecule has 0 aliphatic rings. The first-order chi connectivity index (χ1) is 10.1. The fraction of sp³-hybridized carbons (Fsp3) is 0.0625. The van der Waals surface area contributed by atoms with Crippen molar-refractivity contribution >= 4 is 11.7 Å². The van der Waals surface area contributed by atoms with Crippen LogP contribution >= 0.6 is 0 Å². The minimum Gasteiger partial charge on any atom is -0.423 e. The molecular weight excluding hydrogens is 274 g/mol. The number of hydrogen-bond donors (Lipinski definition) is 1. The van der Waals surface area contributed by atoms with E-state index >= 15 is 0 Å². The summed E-state index contributed by atoms with van der Waals surface area (Å²) in [5.74, 6) is -0.881. The Morgan fingerprint density at radius 2 is 1.76 bits per heavy atom. The van der Waals surface area contributed by atoms with Crippen LogP contribution in [0.15, 0.2) is 53.1 Å². The molecule has 0 saturated carbocycles. The van der Waals surface area contributed by atoms with Crippen LogP contribution < -0.4 is 5.32 Å². The van der Waals surface area contributed by atoms with Crippen LogP contribution in [0.1, 0.15) is 5.56 Å². The van der Waals surface area contributed by atoms with E-state index in [2.05, 4.69) is 10.3 Å². The highest BCUT2D eigenvalue weighted by Gasteiger charge is 2.12. The van der Waals surface area contributed by atoms with Gasteiger partial charge in [-0.05, 0) is 25.1 Å². The van der Waals surface area contributed by atoms with Gasteiger partial charge >= 0.3 is 0 Å². The number of para-hydroxylation sites is 1. The Hall–Kier alpha value is -2.69. The van der Waals surface area contributed by atoms with Crippen molar-refractivity contribution in [1.29, 1.82) is 0 Å². The zero-order chi connectivity index (χ0) is 14.8. The summed E-state index contributed by atoms with van der Waals surface area (Å²) in [4.78, 5) is 3.99. The van der Waals surface area contributed by atoms with E-state index in [9.17, 15) is 8.78 Å². The van der Waals surface area contributed by atoms with Crippen LogP contribution in [0.25, 0.3) is 11.3 Å². The molecule has 106 valence electrons. The Morgan fingerprint density at radius 1 is 1.05 bits per heavy atom. The van der Waals surface area contributed by atoms with Crippen molar-refractivity contribution in [3.63, 3.8) is 0 Å². The summed E-state index contributed by atoms with van der Waals surface area (Å²) in [7, 11) is 0. The Morgan fingerprint density at radius 3 is 2.48 bits per heavy atom. The molecule has 0 radical (unpaired) electrons. The summed E-state index contributed by atoms with van der Waals surface area (Å²) in [5.41, 5.74) is 1.65. The van der Waals surface area contributed by atoms with Crippen LogP contribution in [-0.2, 0) is 0 Å². The molecule has 2 aromatic carbocycles. The van der Waals surface area contributed by atoms with Gasteiger partial charge in [-0.2, -0.15) is 0 Å². The highest BCUT2D eigenvalue weighted by atomic mass is 19.1. The van der Waals surface area contributed by atoms with Gasteiger partial charge in [-0.15, -0.1) is 0 Å². The molecule has 3 aromatic rings. The van der Waals surface area contributed by atoms with Crippen molar-refractivity contribution in [2.75, 3.05) is 5.32 Å². The maximum atomic E-state index is 13.5. The molecule has 0 amide bonds. The van der Waals surface area contributed by atoms with Crippen LogP contribution in [0.4, 0.5) is 20.5 Å². The predicted octanol–water partition coefficient (Wildman–Crippen LogP) is 4.67. The maximum absolute atomic E-state index is 13.5. The lowest BCUT2D eigenvalue weighted by atomic mass is 10.1. The average Bonchev–Trinajstić information content (AvgIpc) is 2.92. The third-order valence-corrected chi connectivity index (χ3v) is 3.00. The number of hydrogen-bond acceptors (Lipinski definition) is 3. The lowest BCUT2D eigenvalue weighted by Crippen LogP contribution is -1.97. The first-order valence-corrected chi connectivity index (χ1v) is 6.37. The average molecular weight is 286 g/mol. The predicted molar refractivity (Wildman–Crippen MR) is 76.3 cm³/mol. The molecule has 1 N–H and O–H groups in total. The van der Waals surface area contributed by atoms with Gasteiger partial charge in [0.1, 0.15) is 17.3 Å². The van der Waals surface area contributed by atoms with E-state index < -0.39 is 11.6 Å². The quantitative estimate of drug-likeness (QED) is 0.760. The number of benzene rings is 2. The third kappa shape index (κ3) is 2.76. The van der Waals surface area contributed by atoms with Crippen molar-refractivity contribution in [2.24, 2.45) is 0 Å². The van der Waals surface area contributed by atoms with Gasteiger partial charge in [-0.1, -0.05) is 29.8 Å². The van der Waals surface area contributed by atoms with Crippen molar-refractivity contribution in [2.45, 2.75) is 6.92 Å². The van der Waals surface area contributed by atoms with Crippen molar-refractivity contribution in [3.05, 3.63) is 65.9 Å². The summed E-state index contributed by atoms with van der Waals surface area (Å²) in [6, 6.07) is 11.3. The number of aryl methyl sites for hydroxylation is 1. The summed E-state index contributed by atoms with van der Waals surface area (Å²) >= 11 is 0.